The van der Waals surface area contributed by atoms with Gasteiger partial charge in [-0.2, -0.15) is 8.42 Å². The Labute approximate surface area is 164 Å². The maximum Gasteiger partial charge on any atom is 0.339 e. The number of sulfonamides is 1. The van der Waals surface area contributed by atoms with Crippen LogP contribution in [0.15, 0.2) is 58.3 Å². The van der Waals surface area contributed by atoms with Crippen LogP contribution in [-0.4, -0.2) is 40.2 Å². The highest BCUT2D eigenvalue weighted by Crippen LogP contribution is 2.32. The second kappa shape index (κ2) is 7.16. The molecule has 2 aromatic carbocycles. The molecule has 1 aromatic heterocycles. The lowest BCUT2D eigenvalue weighted by atomic mass is 10.2. The Balaban J connectivity index is 2.18. The van der Waals surface area contributed by atoms with E-state index in [1.54, 1.807) is 31.2 Å². The summed E-state index contributed by atoms with van der Waals surface area (Å²) in [5.74, 6) is -0.0306. The van der Waals surface area contributed by atoms with Gasteiger partial charge in [0.25, 0.3) is 0 Å². The van der Waals surface area contributed by atoms with Gasteiger partial charge >= 0.3 is 10.1 Å². The van der Waals surface area contributed by atoms with Gasteiger partial charge in [0, 0.05) is 25.2 Å². The predicted molar refractivity (Wildman–Crippen MR) is 106 cm³/mol. The molecule has 0 bridgehead atoms. The van der Waals surface area contributed by atoms with E-state index < -0.39 is 20.1 Å². The molecule has 0 radical (unpaired) electrons. The molecule has 0 unspecified atom stereocenters. The zero-order valence-electron chi connectivity index (χ0n) is 15.9. The summed E-state index contributed by atoms with van der Waals surface area (Å²) < 4.78 is 57.0. The van der Waals surface area contributed by atoms with E-state index >= 15 is 0 Å². The molecule has 0 aliphatic heterocycles. The van der Waals surface area contributed by atoms with Crippen LogP contribution in [0.3, 0.4) is 0 Å². The first kappa shape index (κ1) is 20.2. The quantitative estimate of drug-likeness (QED) is 0.589. The minimum atomic E-state index is -4.10. The number of nitrogens with zero attached hydrogens (tertiary/aromatic N) is 2. The van der Waals surface area contributed by atoms with Crippen molar-refractivity contribution < 1.29 is 21.0 Å². The van der Waals surface area contributed by atoms with Crippen LogP contribution in [0.4, 0.5) is 0 Å². The molecule has 1 heterocycles. The first-order valence-corrected chi connectivity index (χ1v) is 11.2. The maximum absolute atomic E-state index is 12.7. The van der Waals surface area contributed by atoms with Gasteiger partial charge in [-0.1, -0.05) is 17.7 Å². The molecule has 0 aliphatic carbocycles. The smallest absolute Gasteiger partial charge is 0.339 e. The maximum atomic E-state index is 12.7. The lowest BCUT2D eigenvalue weighted by molar-refractivity contribution is 0.488. The second-order valence-electron chi connectivity index (χ2n) is 6.55. The third-order valence-corrected chi connectivity index (χ3v) is 7.31. The third-order valence-electron chi connectivity index (χ3n) is 4.19. The van der Waals surface area contributed by atoms with E-state index in [0.717, 1.165) is 9.87 Å². The van der Waals surface area contributed by atoms with Gasteiger partial charge in [-0.25, -0.2) is 17.7 Å². The molecule has 0 amide bonds. The summed E-state index contributed by atoms with van der Waals surface area (Å²) in [6.07, 6.45) is 0. The molecule has 0 N–H and O–H groups in total. The van der Waals surface area contributed by atoms with Crippen LogP contribution >= 0.6 is 0 Å². The molecule has 0 aliphatic rings. The van der Waals surface area contributed by atoms with Crippen LogP contribution in [0.2, 0.25) is 0 Å². The van der Waals surface area contributed by atoms with Crippen LogP contribution < -0.4 is 4.18 Å². The van der Waals surface area contributed by atoms with E-state index in [1.807, 2.05) is 6.92 Å². The molecule has 3 aromatic rings. The topological polar surface area (TPSA) is 93.6 Å². The molecule has 28 heavy (non-hydrogen) atoms. The van der Waals surface area contributed by atoms with E-state index in [-0.39, 0.29) is 26.4 Å². The number of pyridine rings is 1. The minimum Gasteiger partial charge on any atom is -0.377 e. The summed E-state index contributed by atoms with van der Waals surface area (Å²) >= 11 is 0. The summed E-state index contributed by atoms with van der Waals surface area (Å²) in [5.41, 5.74) is 1.68. The van der Waals surface area contributed by atoms with Crippen molar-refractivity contribution in [2.24, 2.45) is 0 Å². The SMILES string of the molecule is Cc1ccc(S(=O)(=O)Oc2ccc(S(=O)(=O)N(C)C)c3ccc(C)nc23)cc1. The molecule has 9 heteroatoms. The highest BCUT2D eigenvalue weighted by atomic mass is 32.2. The fourth-order valence-electron chi connectivity index (χ4n) is 2.62. The van der Waals surface area contributed by atoms with Gasteiger partial charge in [-0.15, -0.1) is 0 Å². The van der Waals surface area contributed by atoms with Gasteiger partial charge in [-0.05, 0) is 50.2 Å². The Hall–Kier alpha value is -2.49. The van der Waals surface area contributed by atoms with E-state index in [9.17, 15) is 16.8 Å². The van der Waals surface area contributed by atoms with Crippen molar-refractivity contribution in [1.29, 1.82) is 0 Å². The van der Waals surface area contributed by atoms with Gasteiger partial charge in [0.05, 0.1) is 4.90 Å². The zero-order valence-corrected chi connectivity index (χ0v) is 17.5. The fraction of sp³-hybridized carbons (Fsp3) is 0.211. The van der Waals surface area contributed by atoms with Crippen molar-refractivity contribution >= 4 is 31.0 Å². The molecule has 0 saturated heterocycles. The first-order chi connectivity index (χ1) is 13.0. The molecule has 7 nitrogen and oxygen atoms in total. The highest BCUT2D eigenvalue weighted by Gasteiger charge is 2.24. The van der Waals surface area contributed by atoms with Crippen molar-refractivity contribution in [3.63, 3.8) is 0 Å². The molecule has 0 atom stereocenters. The molecular formula is C19H20N2O5S2. The van der Waals surface area contributed by atoms with Gasteiger partial charge in [0.1, 0.15) is 10.4 Å². The summed E-state index contributed by atoms with van der Waals surface area (Å²) in [6.45, 7) is 3.58. The van der Waals surface area contributed by atoms with E-state index in [0.29, 0.717) is 5.69 Å². The van der Waals surface area contributed by atoms with Crippen molar-refractivity contribution in [2.75, 3.05) is 14.1 Å². The van der Waals surface area contributed by atoms with Crippen LogP contribution in [0.1, 0.15) is 11.3 Å². The van der Waals surface area contributed by atoms with Crippen molar-refractivity contribution in [1.82, 2.24) is 9.29 Å². The number of fused-ring (bicyclic) bond motifs is 1. The van der Waals surface area contributed by atoms with Crippen LogP contribution in [0.25, 0.3) is 10.9 Å². The molecule has 148 valence electrons. The van der Waals surface area contributed by atoms with E-state index in [1.165, 1.54) is 38.4 Å². The highest BCUT2D eigenvalue weighted by molar-refractivity contribution is 7.89. The third kappa shape index (κ3) is 3.73. The lowest BCUT2D eigenvalue weighted by Crippen LogP contribution is -2.22. The lowest BCUT2D eigenvalue weighted by Gasteiger charge is -2.15. The molecule has 0 fully saturated rings. The fourth-order valence-corrected chi connectivity index (χ4v) is 4.64. The first-order valence-electron chi connectivity index (χ1n) is 8.36. The van der Waals surface area contributed by atoms with Crippen molar-refractivity contribution in [2.45, 2.75) is 23.6 Å². The molecule has 0 spiro atoms. The van der Waals surface area contributed by atoms with Gasteiger partial charge in [0.15, 0.2) is 5.75 Å². The minimum absolute atomic E-state index is 0.00360. The summed E-state index contributed by atoms with van der Waals surface area (Å²) in [7, 11) is -4.99. The average Bonchev–Trinajstić information content (AvgIpc) is 2.62. The van der Waals surface area contributed by atoms with Crippen molar-refractivity contribution in [3.8, 4) is 5.75 Å². The number of hydrogen-bond donors (Lipinski definition) is 0. The Morgan fingerprint density at radius 2 is 1.50 bits per heavy atom. The van der Waals surface area contributed by atoms with Gasteiger partial charge in [0.2, 0.25) is 10.0 Å². The van der Waals surface area contributed by atoms with Crippen LogP contribution in [0, 0.1) is 13.8 Å². The monoisotopic (exact) mass is 420 g/mol. The number of aromatic nitrogens is 1. The van der Waals surface area contributed by atoms with Crippen LogP contribution in [-0.2, 0) is 20.1 Å². The standard InChI is InChI=1S/C19H20N2O5S2/c1-13-5-8-15(9-6-13)28(24,25)26-17-11-12-18(27(22,23)21(3)4)16-10-7-14(2)20-19(16)17/h5-12H,1-4H3. The number of aryl methyl sites for hydroxylation is 2. The normalized spacial score (nSPS) is 12.5. The Bertz CT molecular complexity index is 1250. The summed E-state index contributed by atoms with van der Waals surface area (Å²) in [4.78, 5) is 4.36. The summed E-state index contributed by atoms with van der Waals surface area (Å²) in [5, 5.41) is 0.288. The number of hydrogen-bond acceptors (Lipinski definition) is 6. The predicted octanol–water partition coefficient (Wildman–Crippen LogP) is 2.87. The summed E-state index contributed by atoms with van der Waals surface area (Å²) in [6, 6.07) is 12.2. The van der Waals surface area contributed by atoms with E-state index in [4.69, 9.17) is 4.18 Å². The molecule has 0 saturated carbocycles. The Kier molecular flexibility index (Phi) is 5.18. The van der Waals surface area contributed by atoms with Gasteiger partial charge < -0.3 is 4.18 Å². The van der Waals surface area contributed by atoms with Gasteiger partial charge in [-0.3, -0.25) is 0 Å². The van der Waals surface area contributed by atoms with E-state index in [2.05, 4.69) is 4.98 Å². The second-order valence-corrected chi connectivity index (χ2v) is 10.2. The number of benzene rings is 2. The zero-order chi connectivity index (χ0) is 20.7. The van der Waals surface area contributed by atoms with Crippen LogP contribution in [0.5, 0.6) is 5.75 Å². The largest absolute Gasteiger partial charge is 0.377 e. The Morgan fingerprint density at radius 1 is 0.857 bits per heavy atom. The molecular weight excluding hydrogens is 400 g/mol. The van der Waals surface area contributed by atoms with Crippen molar-refractivity contribution in [3.05, 3.63) is 59.8 Å². The number of rotatable bonds is 5. The molecule has 3 rings (SSSR count). The average molecular weight is 421 g/mol. The Morgan fingerprint density at radius 3 is 2.11 bits per heavy atom.